The van der Waals surface area contributed by atoms with Crippen molar-refractivity contribution in [3.8, 4) is 11.5 Å². The summed E-state index contributed by atoms with van der Waals surface area (Å²) in [4.78, 5) is 32.4. The topological polar surface area (TPSA) is 99.6 Å². The van der Waals surface area contributed by atoms with Gasteiger partial charge in [0.2, 0.25) is 0 Å². The van der Waals surface area contributed by atoms with Crippen molar-refractivity contribution in [1.29, 1.82) is 0 Å². The van der Waals surface area contributed by atoms with E-state index >= 15 is 0 Å². The fourth-order valence-electron chi connectivity index (χ4n) is 2.54. The first-order valence-electron chi connectivity index (χ1n) is 9.76. The minimum atomic E-state index is -0.499. The molecule has 0 aliphatic heterocycles. The van der Waals surface area contributed by atoms with Crippen LogP contribution in [0.4, 0.5) is 0 Å². The van der Waals surface area contributed by atoms with Crippen LogP contribution in [-0.4, -0.2) is 54.0 Å². The van der Waals surface area contributed by atoms with Gasteiger partial charge in [-0.25, -0.2) is 4.98 Å². The van der Waals surface area contributed by atoms with Crippen molar-refractivity contribution in [2.24, 2.45) is 0 Å². The number of benzene rings is 2. The highest BCUT2D eigenvalue weighted by molar-refractivity contribution is 7.99. The molecule has 3 rings (SSSR count). The Morgan fingerprint density at radius 1 is 1.00 bits per heavy atom. The molecule has 0 bridgehead atoms. The number of nitrogens with one attached hydrogen (secondary N) is 1. The number of thioether (sulfide) groups is 1. The standard InChI is InChI=1S/C22H23N3O5S/c1-2-28-16-7-9-17(10-8-16)29-12-11-23-20(26)14-30-22(27)15-31-21-13-24-18-5-3-4-6-19(18)25-21/h3-10,13H,2,11-12,14-15H2,1H3,(H,23,26). The number of ether oxygens (including phenoxy) is 3. The van der Waals surface area contributed by atoms with Crippen LogP contribution in [-0.2, 0) is 14.3 Å². The minimum Gasteiger partial charge on any atom is -0.494 e. The third-order valence-corrected chi connectivity index (χ3v) is 4.83. The Bertz CT molecular complexity index is 1010. The van der Waals surface area contributed by atoms with Crippen LogP contribution < -0.4 is 14.8 Å². The van der Waals surface area contributed by atoms with Crippen LogP contribution in [0.5, 0.6) is 11.5 Å². The second-order valence-corrected chi connectivity index (χ2v) is 7.24. The van der Waals surface area contributed by atoms with E-state index in [0.29, 0.717) is 30.5 Å². The number of carbonyl (C=O) groups is 2. The molecule has 0 fully saturated rings. The molecule has 1 aromatic heterocycles. The van der Waals surface area contributed by atoms with Gasteiger partial charge in [0, 0.05) is 0 Å². The number of hydrogen-bond acceptors (Lipinski definition) is 8. The first-order valence-corrected chi connectivity index (χ1v) is 10.7. The summed E-state index contributed by atoms with van der Waals surface area (Å²) >= 11 is 1.21. The summed E-state index contributed by atoms with van der Waals surface area (Å²) in [5, 5.41) is 3.26. The fourth-order valence-corrected chi connectivity index (χ4v) is 3.18. The molecule has 1 heterocycles. The zero-order valence-corrected chi connectivity index (χ0v) is 17.9. The van der Waals surface area contributed by atoms with Crippen LogP contribution in [0.1, 0.15) is 6.92 Å². The molecule has 9 heteroatoms. The van der Waals surface area contributed by atoms with E-state index in [2.05, 4.69) is 15.3 Å². The largest absolute Gasteiger partial charge is 0.494 e. The molecule has 0 saturated heterocycles. The van der Waals surface area contributed by atoms with Crippen LogP contribution in [0.2, 0.25) is 0 Å². The van der Waals surface area contributed by atoms with E-state index in [1.807, 2.05) is 43.3 Å². The van der Waals surface area contributed by atoms with Crippen LogP contribution >= 0.6 is 11.8 Å². The molecule has 0 atom stereocenters. The van der Waals surface area contributed by atoms with Gasteiger partial charge in [-0.1, -0.05) is 23.9 Å². The summed E-state index contributed by atoms with van der Waals surface area (Å²) in [5.41, 5.74) is 1.55. The second kappa shape index (κ2) is 11.8. The van der Waals surface area contributed by atoms with E-state index in [0.717, 1.165) is 16.8 Å². The number of hydrogen-bond donors (Lipinski definition) is 1. The lowest BCUT2D eigenvalue weighted by Gasteiger charge is -2.09. The number of carbonyl (C=O) groups excluding carboxylic acids is 2. The predicted octanol–water partition coefficient (Wildman–Crippen LogP) is 2.86. The average Bonchev–Trinajstić information content (AvgIpc) is 2.80. The highest BCUT2D eigenvalue weighted by Gasteiger charge is 2.09. The number of fused-ring (bicyclic) bond motifs is 1. The molecule has 31 heavy (non-hydrogen) atoms. The lowest BCUT2D eigenvalue weighted by molar-refractivity contribution is -0.145. The Balaban J connectivity index is 1.29. The number of amides is 1. The number of esters is 1. The Morgan fingerprint density at radius 2 is 1.71 bits per heavy atom. The summed E-state index contributed by atoms with van der Waals surface area (Å²) < 4.78 is 15.9. The average molecular weight is 442 g/mol. The van der Waals surface area contributed by atoms with Gasteiger partial charge in [0.15, 0.2) is 6.61 Å². The van der Waals surface area contributed by atoms with Crippen molar-refractivity contribution in [2.75, 3.05) is 32.1 Å². The van der Waals surface area contributed by atoms with Gasteiger partial charge in [-0.3, -0.25) is 14.6 Å². The molecule has 8 nitrogen and oxygen atoms in total. The summed E-state index contributed by atoms with van der Waals surface area (Å²) in [7, 11) is 0. The molecular formula is C22H23N3O5S. The molecular weight excluding hydrogens is 418 g/mol. The van der Waals surface area contributed by atoms with Crippen molar-refractivity contribution in [3.05, 3.63) is 54.7 Å². The van der Waals surface area contributed by atoms with E-state index in [-0.39, 0.29) is 18.3 Å². The maximum atomic E-state index is 11.9. The van der Waals surface area contributed by atoms with Crippen molar-refractivity contribution in [2.45, 2.75) is 11.9 Å². The zero-order chi connectivity index (χ0) is 21.9. The van der Waals surface area contributed by atoms with Gasteiger partial charge in [-0.2, -0.15) is 0 Å². The SMILES string of the molecule is CCOc1ccc(OCCNC(=O)COC(=O)CSc2cnc3ccccc3n2)cc1. The van der Waals surface area contributed by atoms with Crippen LogP contribution in [0.25, 0.3) is 11.0 Å². The minimum absolute atomic E-state index is 0.0428. The lowest BCUT2D eigenvalue weighted by atomic mass is 10.3. The summed E-state index contributed by atoms with van der Waals surface area (Å²) in [5.74, 6) is 0.606. The van der Waals surface area contributed by atoms with Gasteiger partial charge in [-0.15, -0.1) is 0 Å². The molecule has 0 unspecified atom stereocenters. The van der Waals surface area contributed by atoms with Crippen molar-refractivity contribution in [1.82, 2.24) is 15.3 Å². The molecule has 1 amide bonds. The second-order valence-electron chi connectivity index (χ2n) is 6.25. The number of aromatic nitrogens is 2. The fraction of sp³-hybridized carbons (Fsp3) is 0.273. The van der Waals surface area contributed by atoms with E-state index in [9.17, 15) is 9.59 Å². The molecule has 0 spiro atoms. The third kappa shape index (κ3) is 7.45. The Morgan fingerprint density at radius 3 is 2.45 bits per heavy atom. The molecule has 3 aromatic rings. The molecule has 2 aromatic carbocycles. The van der Waals surface area contributed by atoms with E-state index in [4.69, 9.17) is 14.2 Å². The van der Waals surface area contributed by atoms with Crippen LogP contribution in [0.15, 0.2) is 59.8 Å². The highest BCUT2D eigenvalue weighted by atomic mass is 32.2. The van der Waals surface area contributed by atoms with Gasteiger partial charge >= 0.3 is 5.97 Å². The summed E-state index contributed by atoms with van der Waals surface area (Å²) in [6.07, 6.45) is 1.61. The number of nitrogens with zero attached hydrogens (tertiary/aromatic N) is 2. The van der Waals surface area contributed by atoms with E-state index < -0.39 is 5.97 Å². The number of rotatable bonds is 11. The van der Waals surface area contributed by atoms with Crippen LogP contribution in [0.3, 0.4) is 0 Å². The normalized spacial score (nSPS) is 10.5. The lowest BCUT2D eigenvalue weighted by Crippen LogP contribution is -2.32. The van der Waals surface area contributed by atoms with E-state index in [1.165, 1.54) is 11.8 Å². The molecule has 0 aliphatic carbocycles. The molecule has 0 saturated carbocycles. The maximum absolute atomic E-state index is 11.9. The zero-order valence-electron chi connectivity index (χ0n) is 17.1. The Hall–Kier alpha value is -3.33. The van der Waals surface area contributed by atoms with Gasteiger partial charge in [0.05, 0.1) is 36.1 Å². The van der Waals surface area contributed by atoms with Crippen LogP contribution in [0, 0.1) is 0 Å². The summed E-state index contributed by atoms with van der Waals surface area (Å²) in [6.45, 7) is 2.77. The van der Waals surface area contributed by atoms with Gasteiger partial charge < -0.3 is 19.5 Å². The first-order chi connectivity index (χ1) is 15.1. The molecule has 162 valence electrons. The quantitative estimate of drug-likeness (QED) is 0.275. The smallest absolute Gasteiger partial charge is 0.316 e. The van der Waals surface area contributed by atoms with E-state index in [1.54, 1.807) is 18.3 Å². The summed E-state index contributed by atoms with van der Waals surface area (Å²) in [6, 6.07) is 14.7. The number of para-hydroxylation sites is 2. The highest BCUT2D eigenvalue weighted by Crippen LogP contribution is 2.18. The Labute approximate surface area is 184 Å². The third-order valence-electron chi connectivity index (χ3n) is 3.96. The molecule has 1 N–H and O–H groups in total. The first kappa shape index (κ1) is 22.4. The van der Waals surface area contributed by atoms with Crippen molar-refractivity contribution < 1.29 is 23.8 Å². The molecule has 0 aliphatic rings. The Kier molecular flexibility index (Phi) is 8.48. The monoisotopic (exact) mass is 441 g/mol. The molecule has 0 radical (unpaired) electrons. The van der Waals surface area contributed by atoms with Crippen molar-refractivity contribution >= 4 is 34.7 Å². The van der Waals surface area contributed by atoms with Gasteiger partial charge in [-0.05, 0) is 43.3 Å². The van der Waals surface area contributed by atoms with Crippen molar-refractivity contribution in [3.63, 3.8) is 0 Å². The van der Waals surface area contributed by atoms with Gasteiger partial charge in [0.25, 0.3) is 5.91 Å². The maximum Gasteiger partial charge on any atom is 0.316 e. The van der Waals surface area contributed by atoms with Gasteiger partial charge in [0.1, 0.15) is 23.1 Å². The predicted molar refractivity (Wildman–Crippen MR) is 117 cm³/mol.